The molecule has 1 aliphatic heterocycles. The standard InChI is InChI=1S/C37H26N2SSi/c1-41(2)35-21-24(23-14-18-33-30(20-23)37-34(40-33)12-7-19-38-37)13-16-28(35)29-17-15-25(22-36(29)41)39-31-10-5-3-8-26(31)27-9-4-6-11-32(27)39/h3-22H,1-2H3. The van der Waals surface area contributed by atoms with Crippen LogP contribution in [0, 0.1) is 0 Å². The van der Waals surface area contributed by atoms with Crippen molar-refractivity contribution in [1.82, 2.24) is 9.55 Å². The van der Waals surface area contributed by atoms with Gasteiger partial charge in [0.05, 0.1) is 21.3 Å². The molecule has 0 saturated heterocycles. The van der Waals surface area contributed by atoms with Gasteiger partial charge in [-0.05, 0) is 81.2 Å². The fraction of sp³-hybridized carbons (Fsp3) is 0.0541. The molecule has 0 fully saturated rings. The summed E-state index contributed by atoms with van der Waals surface area (Å²) in [6.45, 7) is 5.02. The molecule has 0 unspecified atom stereocenters. The number of rotatable bonds is 2. The van der Waals surface area contributed by atoms with Crippen LogP contribution in [0.2, 0.25) is 13.1 Å². The van der Waals surface area contributed by atoms with Gasteiger partial charge >= 0.3 is 0 Å². The van der Waals surface area contributed by atoms with Gasteiger partial charge in [0.2, 0.25) is 0 Å². The fourth-order valence-electron chi connectivity index (χ4n) is 7.02. The highest BCUT2D eigenvalue weighted by Crippen LogP contribution is 2.38. The van der Waals surface area contributed by atoms with Crippen LogP contribution in [0.1, 0.15) is 0 Å². The summed E-state index contributed by atoms with van der Waals surface area (Å²) in [5.41, 5.74) is 10.2. The Kier molecular flexibility index (Phi) is 4.68. The largest absolute Gasteiger partial charge is 0.309 e. The molecule has 41 heavy (non-hydrogen) atoms. The molecule has 8 aromatic rings. The first-order valence-corrected chi connectivity index (χ1v) is 18.0. The predicted molar refractivity (Wildman–Crippen MR) is 179 cm³/mol. The Bertz CT molecular complexity index is 2300. The number of thiophene rings is 1. The predicted octanol–water partition coefficient (Wildman–Crippen LogP) is 9.02. The van der Waals surface area contributed by atoms with Crippen LogP contribution in [0.3, 0.4) is 0 Å². The lowest BCUT2D eigenvalue weighted by atomic mass is 9.99. The lowest BCUT2D eigenvalue weighted by Crippen LogP contribution is -2.49. The molecule has 3 aromatic heterocycles. The monoisotopic (exact) mass is 558 g/mol. The molecule has 0 aliphatic carbocycles. The Morgan fingerprint density at radius 3 is 2.02 bits per heavy atom. The number of pyridine rings is 1. The third-order valence-corrected chi connectivity index (χ3v) is 13.7. The van der Waals surface area contributed by atoms with Crippen molar-refractivity contribution in [3.63, 3.8) is 0 Å². The zero-order valence-corrected chi connectivity index (χ0v) is 24.7. The molecule has 0 bridgehead atoms. The maximum atomic E-state index is 4.69. The van der Waals surface area contributed by atoms with E-state index in [9.17, 15) is 0 Å². The summed E-state index contributed by atoms with van der Waals surface area (Å²) in [6, 6.07) is 42.9. The zero-order chi connectivity index (χ0) is 27.3. The topological polar surface area (TPSA) is 17.8 Å². The van der Waals surface area contributed by atoms with E-state index in [1.165, 1.54) is 74.9 Å². The summed E-state index contributed by atoms with van der Waals surface area (Å²) in [4.78, 5) is 4.69. The third-order valence-electron chi connectivity index (χ3n) is 9.06. The number of hydrogen-bond acceptors (Lipinski definition) is 2. The highest BCUT2D eigenvalue weighted by atomic mass is 32.1. The highest BCUT2D eigenvalue weighted by Gasteiger charge is 2.38. The molecule has 0 amide bonds. The fourth-order valence-corrected chi connectivity index (χ4v) is 11.2. The summed E-state index contributed by atoms with van der Waals surface area (Å²) in [5.74, 6) is 0. The number of para-hydroxylation sites is 2. The van der Waals surface area contributed by atoms with E-state index < -0.39 is 8.07 Å². The number of benzene rings is 5. The lowest BCUT2D eigenvalue weighted by Gasteiger charge is -2.20. The minimum absolute atomic E-state index is 1.11. The van der Waals surface area contributed by atoms with Gasteiger partial charge in [-0.15, -0.1) is 11.3 Å². The molecule has 2 nitrogen and oxygen atoms in total. The van der Waals surface area contributed by atoms with E-state index in [1.54, 1.807) is 0 Å². The van der Waals surface area contributed by atoms with Gasteiger partial charge in [0.1, 0.15) is 8.07 Å². The molecule has 0 spiro atoms. The van der Waals surface area contributed by atoms with Crippen molar-refractivity contribution in [3.8, 4) is 27.9 Å². The highest BCUT2D eigenvalue weighted by molar-refractivity contribution is 7.25. The van der Waals surface area contributed by atoms with E-state index in [-0.39, 0.29) is 0 Å². The smallest absolute Gasteiger partial charge is 0.113 e. The van der Waals surface area contributed by atoms with Crippen molar-refractivity contribution in [2.45, 2.75) is 13.1 Å². The van der Waals surface area contributed by atoms with E-state index in [0.29, 0.717) is 0 Å². The Morgan fingerprint density at radius 1 is 0.585 bits per heavy atom. The number of nitrogens with zero attached hydrogens (tertiary/aromatic N) is 2. The summed E-state index contributed by atoms with van der Waals surface area (Å²) in [6.07, 6.45) is 1.90. The molecular weight excluding hydrogens is 533 g/mol. The van der Waals surface area contributed by atoms with Gasteiger partial charge in [-0.1, -0.05) is 79.8 Å². The first-order valence-electron chi connectivity index (χ1n) is 14.1. The van der Waals surface area contributed by atoms with Crippen molar-refractivity contribution in [3.05, 3.63) is 121 Å². The van der Waals surface area contributed by atoms with Gasteiger partial charge < -0.3 is 4.57 Å². The second kappa shape index (κ2) is 8.26. The summed E-state index contributed by atoms with van der Waals surface area (Å²) < 4.78 is 4.98. The normalized spacial score (nSPS) is 13.8. The Hall–Kier alpha value is -4.51. The van der Waals surface area contributed by atoms with Crippen LogP contribution in [0.4, 0.5) is 0 Å². The van der Waals surface area contributed by atoms with Crippen LogP contribution in [0.5, 0.6) is 0 Å². The average Bonchev–Trinajstić information content (AvgIpc) is 3.62. The quantitative estimate of drug-likeness (QED) is 0.194. The van der Waals surface area contributed by atoms with Crippen LogP contribution in [-0.2, 0) is 0 Å². The van der Waals surface area contributed by atoms with Gasteiger partial charge in [-0.2, -0.15) is 0 Å². The molecule has 194 valence electrons. The molecular formula is C37H26N2SSi. The van der Waals surface area contributed by atoms with Gasteiger partial charge in [0, 0.05) is 32.7 Å². The van der Waals surface area contributed by atoms with Crippen LogP contribution in [0.15, 0.2) is 121 Å². The van der Waals surface area contributed by atoms with Crippen molar-refractivity contribution < 1.29 is 0 Å². The van der Waals surface area contributed by atoms with Crippen LogP contribution >= 0.6 is 11.3 Å². The van der Waals surface area contributed by atoms with Crippen LogP contribution < -0.4 is 10.4 Å². The van der Waals surface area contributed by atoms with E-state index >= 15 is 0 Å². The molecule has 0 N–H and O–H groups in total. The Labute approximate surface area is 243 Å². The Balaban J connectivity index is 1.19. The third kappa shape index (κ3) is 3.20. The molecule has 0 radical (unpaired) electrons. The second-order valence-corrected chi connectivity index (χ2v) is 17.1. The maximum absolute atomic E-state index is 4.69. The molecule has 1 aliphatic rings. The summed E-state index contributed by atoms with van der Waals surface area (Å²) >= 11 is 1.82. The van der Waals surface area contributed by atoms with E-state index in [0.717, 1.165) is 5.52 Å². The second-order valence-electron chi connectivity index (χ2n) is 11.6. The first-order chi connectivity index (χ1) is 20.1. The van der Waals surface area contributed by atoms with Crippen molar-refractivity contribution in [2.24, 2.45) is 0 Å². The maximum Gasteiger partial charge on any atom is 0.113 e. The molecule has 9 rings (SSSR count). The molecule has 4 heterocycles. The van der Waals surface area contributed by atoms with Crippen molar-refractivity contribution in [1.29, 1.82) is 0 Å². The van der Waals surface area contributed by atoms with E-state index in [4.69, 9.17) is 4.98 Å². The van der Waals surface area contributed by atoms with E-state index in [2.05, 4.69) is 127 Å². The van der Waals surface area contributed by atoms with Crippen molar-refractivity contribution in [2.75, 3.05) is 0 Å². The van der Waals surface area contributed by atoms with Gasteiger partial charge in [0.15, 0.2) is 0 Å². The minimum atomic E-state index is -1.93. The lowest BCUT2D eigenvalue weighted by molar-refractivity contribution is 1.18. The Morgan fingerprint density at radius 2 is 1.24 bits per heavy atom. The SMILES string of the molecule is C[Si]1(C)c2cc(-c3ccc4sc5cccnc5c4c3)ccc2-c2ccc(-n3c4ccccc4c4ccccc43)cc21. The zero-order valence-electron chi connectivity index (χ0n) is 22.8. The van der Waals surface area contributed by atoms with Gasteiger partial charge in [0.25, 0.3) is 0 Å². The average molecular weight is 559 g/mol. The number of aromatic nitrogens is 2. The van der Waals surface area contributed by atoms with Gasteiger partial charge in [-0.25, -0.2) is 0 Å². The van der Waals surface area contributed by atoms with Crippen molar-refractivity contribution >= 4 is 71.9 Å². The minimum Gasteiger partial charge on any atom is -0.309 e. The molecule has 5 aromatic carbocycles. The summed E-state index contributed by atoms with van der Waals surface area (Å²) in [5, 5.41) is 6.90. The van der Waals surface area contributed by atoms with Crippen LogP contribution in [0.25, 0.3) is 70.0 Å². The van der Waals surface area contributed by atoms with Gasteiger partial charge in [-0.3, -0.25) is 4.98 Å². The molecule has 4 heteroatoms. The number of fused-ring (bicyclic) bond motifs is 9. The van der Waals surface area contributed by atoms with E-state index in [1.807, 2.05) is 23.6 Å². The summed E-state index contributed by atoms with van der Waals surface area (Å²) in [7, 11) is -1.93. The van der Waals surface area contributed by atoms with Crippen LogP contribution in [-0.4, -0.2) is 17.6 Å². The molecule has 0 atom stereocenters. The number of hydrogen-bond donors (Lipinski definition) is 0. The first kappa shape index (κ1) is 23.2. The molecule has 0 saturated carbocycles.